The van der Waals surface area contributed by atoms with Crippen molar-refractivity contribution >= 4 is 28.6 Å². The standard InChI is InChI=1S/C23H24FN3O2S/c1-15(28)27-8-4-5-16(13-27)21-10-19(25-18-7-3-6-17(24)9-18)11-22(26-21)23-12-20(29-2)14-30-23/h3,6-7,9-12,14,16H,4-5,8,13H2,1-2H3,(H,25,26). The molecule has 1 atom stereocenters. The molecule has 0 saturated carbocycles. The first-order chi connectivity index (χ1) is 14.5. The molecule has 5 nitrogen and oxygen atoms in total. The van der Waals surface area contributed by atoms with Crippen molar-refractivity contribution in [3.63, 3.8) is 0 Å². The number of carbonyl (C=O) groups excluding carboxylic acids is 1. The minimum absolute atomic E-state index is 0.0944. The van der Waals surface area contributed by atoms with Crippen molar-refractivity contribution in [2.75, 3.05) is 25.5 Å². The van der Waals surface area contributed by atoms with E-state index in [-0.39, 0.29) is 17.6 Å². The van der Waals surface area contributed by atoms with Gasteiger partial charge in [-0.2, -0.15) is 0 Å². The highest BCUT2D eigenvalue weighted by Gasteiger charge is 2.25. The molecule has 1 N–H and O–H groups in total. The number of likely N-dealkylation sites (tertiary alicyclic amines) is 1. The van der Waals surface area contributed by atoms with Crippen LogP contribution in [0.1, 0.15) is 31.4 Å². The number of rotatable bonds is 5. The van der Waals surface area contributed by atoms with Gasteiger partial charge in [0.15, 0.2) is 0 Å². The highest BCUT2D eigenvalue weighted by atomic mass is 32.1. The molecule has 3 heterocycles. The first-order valence-corrected chi connectivity index (χ1v) is 10.8. The van der Waals surface area contributed by atoms with Crippen LogP contribution in [0, 0.1) is 5.82 Å². The van der Waals surface area contributed by atoms with E-state index >= 15 is 0 Å². The maximum absolute atomic E-state index is 13.6. The zero-order chi connectivity index (χ0) is 21.1. The molecule has 1 fully saturated rings. The SMILES string of the molecule is COc1csc(-c2cc(Nc3cccc(F)c3)cc(C3CCCN(C(C)=O)C3)n2)c1. The number of nitrogens with one attached hydrogen (secondary N) is 1. The van der Waals surface area contributed by atoms with E-state index in [4.69, 9.17) is 9.72 Å². The Morgan fingerprint density at radius 1 is 1.27 bits per heavy atom. The summed E-state index contributed by atoms with van der Waals surface area (Å²) in [5.41, 5.74) is 3.29. The molecule has 4 rings (SSSR count). The van der Waals surface area contributed by atoms with Crippen LogP contribution in [0.5, 0.6) is 5.75 Å². The number of thiophene rings is 1. The Labute approximate surface area is 179 Å². The normalized spacial score (nSPS) is 16.4. The number of anilines is 2. The van der Waals surface area contributed by atoms with Crippen LogP contribution >= 0.6 is 11.3 Å². The molecule has 0 bridgehead atoms. The van der Waals surface area contributed by atoms with Crippen molar-refractivity contribution in [2.24, 2.45) is 0 Å². The lowest BCUT2D eigenvalue weighted by atomic mass is 9.93. The number of hydrogen-bond acceptors (Lipinski definition) is 5. The number of pyridine rings is 1. The van der Waals surface area contributed by atoms with Crippen LogP contribution in [0.15, 0.2) is 47.8 Å². The van der Waals surface area contributed by atoms with Gasteiger partial charge in [0.2, 0.25) is 5.91 Å². The zero-order valence-corrected chi connectivity index (χ0v) is 17.8. The maximum atomic E-state index is 13.6. The summed E-state index contributed by atoms with van der Waals surface area (Å²) in [5, 5.41) is 5.25. The summed E-state index contributed by atoms with van der Waals surface area (Å²) in [6.45, 7) is 3.07. The molecule has 1 unspecified atom stereocenters. The second kappa shape index (κ2) is 8.83. The van der Waals surface area contributed by atoms with Crippen molar-refractivity contribution in [1.29, 1.82) is 0 Å². The van der Waals surface area contributed by atoms with Gasteiger partial charge in [-0.25, -0.2) is 4.39 Å². The summed E-state index contributed by atoms with van der Waals surface area (Å²) in [5.74, 6) is 0.763. The van der Waals surface area contributed by atoms with Crippen LogP contribution < -0.4 is 10.1 Å². The number of aromatic nitrogens is 1. The van der Waals surface area contributed by atoms with E-state index in [1.165, 1.54) is 12.1 Å². The first-order valence-electron chi connectivity index (χ1n) is 9.95. The van der Waals surface area contributed by atoms with Crippen molar-refractivity contribution < 1.29 is 13.9 Å². The molecule has 7 heteroatoms. The molecule has 3 aromatic rings. The Kier molecular flexibility index (Phi) is 5.99. The number of amides is 1. The molecule has 0 spiro atoms. The van der Waals surface area contributed by atoms with E-state index in [9.17, 15) is 9.18 Å². The average molecular weight is 426 g/mol. The molecule has 1 aliphatic heterocycles. The quantitative estimate of drug-likeness (QED) is 0.592. The molecular formula is C23H24FN3O2S. The molecule has 1 aliphatic rings. The third-order valence-corrected chi connectivity index (χ3v) is 6.24. The van der Waals surface area contributed by atoms with Gasteiger partial charge >= 0.3 is 0 Å². The van der Waals surface area contributed by atoms with Crippen molar-refractivity contribution in [3.05, 3.63) is 59.4 Å². The Morgan fingerprint density at radius 3 is 2.87 bits per heavy atom. The van der Waals surface area contributed by atoms with Crippen LogP contribution in [0.4, 0.5) is 15.8 Å². The van der Waals surface area contributed by atoms with E-state index in [0.717, 1.165) is 47.1 Å². The Bertz CT molecular complexity index is 1050. The van der Waals surface area contributed by atoms with Gasteiger partial charge in [-0.15, -0.1) is 11.3 Å². The summed E-state index contributed by atoms with van der Waals surface area (Å²) < 4.78 is 19.0. The van der Waals surface area contributed by atoms with Gasteiger partial charge in [-0.05, 0) is 43.2 Å². The largest absolute Gasteiger partial charge is 0.496 e. The summed E-state index contributed by atoms with van der Waals surface area (Å²) >= 11 is 1.57. The average Bonchev–Trinajstić information content (AvgIpc) is 3.23. The Balaban J connectivity index is 1.71. The third-order valence-electron chi connectivity index (χ3n) is 5.31. The number of nitrogens with zero attached hydrogens (tertiary/aromatic N) is 2. The Morgan fingerprint density at radius 2 is 2.13 bits per heavy atom. The predicted molar refractivity (Wildman–Crippen MR) is 118 cm³/mol. The summed E-state index contributed by atoms with van der Waals surface area (Å²) in [6, 6.07) is 12.3. The zero-order valence-electron chi connectivity index (χ0n) is 17.0. The monoisotopic (exact) mass is 425 g/mol. The minimum atomic E-state index is -0.290. The number of halogens is 1. The van der Waals surface area contributed by atoms with E-state index in [0.29, 0.717) is 12.2 Å². The summed E-state index contributed by atoms with van der Waals surface area (Å²) in [4.78, 5) is 19.7. The molecule has 1 aromatic carbocycles. The second-order valence-corrected chi connectivity index (χ2v) is 8.37. The lowest BCUT2D eigenvalue weighted by Crippen LogP contribution is -2.37. The van der Waals surface area contributed by atoms with E-state index in [1.54, 1.807) is 31.4 Å². The van der Waals surface area contributed by atoms with Crippen LogP contribution in [-0.2, 0) is 4.79 Å². The van der Waals surface area contributed by atoms with Gasteiger partial charge in [0, 0.05) is 54.4 Å². The first kappa shape index (κ1) is 20.3. The van der Waals surface area contributed by atoms with Crippen molar-refractivity contribution in [1.82, 2.24) is 9.88 Å². The molecule has 0 radical (unpaired) electrons. The van der Waals surface area contributed by atoms with Gasteiger partial charge in [-0.1, -0.05) is 6.07 Å². The fourth-order valence-corrected chi connectivity index (χ4v) is 4.57. The van der Waals surface area contributed by atoms with Gasteiger partial charge in [0.05, 0.1) is 17.7 Å². The third kappa shape index (κ3) is 4.62. The summed E-state index contributed by atoms with van der Waals surface area (Å²) in [6.07, 6.45) is 1.93. The predicted octanol–water partition coefficient (Wildman–Crippen LogP) is 5.43. The molecule has 2 aromatic heterocycles. The van der Waals surface area contributed by atoms with Crippen LogP contribution in [0.25, 0.3) is 10.6 Å². The van der Waals surface area contributed by atoms with E-state index < -0.39 is 0 Å². The smallest absolute Gasteiger partial charge is 0.219 e. The fourth-order valence-electron chi connectivity index (χ4n) is 3.76. The van der Waals surface area contributed by atoms with Gasteiger partial charge in [0.25, 0.3) is 0 Å². The molecular weight excluding hydrogens is 401 g/mol. The molecule has 156 valence electrons. The lowest BCUT2D eigenvalue weighted by Gasteiger charge is -2.32. The van der Waals surface area contributed by atoms with E-state index in [2.05, 4.69) is 5.32 Å². The highest BCUT2D eigenvalue weighted by Crippen LogP contribution is 2.35. The number of ether oxygens (including phenoxy) is 1. The number of carbonyl (C=O) groups is 1. The topological polar surface area (TPSA) is 54.5 Å². The van der Waals surface area contributed by atoms with Gasteiger partial charge in [0.1, 0.15) is 11.6 Å². The molecule has 1 amide bonds. The van der Waals surface area contributed by atoms with Gasteiger partial charge in [-0.3, -0.25) is 9.78 Å². The molecule has 30 heavy (non-hydrogen) atoms. The van der Waals surface area contributed by atoms with E-state index in [1.807, 2.05) is 34.5 Å². The highest BCUT2D eigenvalue weighted by molar-refractivity contribution is 7.13. The molecule has 0 aliphatic carbocycles. The number of hydrogen-bond donors (Lipinski definition) is 1. The number of piperidine rings is 1. The summed E-state index contributed by atoms with van der Waals surface area (Å²) in [7, 11) is 1.64. The Hall–Kier alpha value is -2.93. The van der Waals surface area contributed by atoms with Gasteiger partial charge < -0.3 is 15.0 Å². The van der Waals surface area contributed by atoms with Crippen LogP contribution in [0.3, 0.4) is 0 Å². The number of benzene rings is 1. The van der Waals surface area contributed by atoms with Crippen molar-refractivity contribution in [3.8, 4) is 16.3 Å². The minimum Gasteiger partial charge on any atom is -0.496 e. The lowest BCUT2D eigenvalue weighted by molar-refractivity contribution is -0.130. The second-order valence-electron chi connectivity index (χ2n) is 7.46. The fraction of sp³-hybridized carbons (Fsp3) is 0.304. The molecule has 1 saturated heterocycles. The van der Waals surface area contributed by atoms with Crippen LogP contribution in [0.2, 0.25) is 0 Å². The number of methoxy groups -OCH3 is 1. The van der Waals surface area contributed by atoms with Crippen molar-refractivity contribution in [2.45, 2.75) is 25.7 Å². The van der Waals surface area contributed by atoms with Crippen LogP contribution in [-0.4, -0.2) is 36.0 Å². The maximum Gasteiger partial charge on any atom is 0.219 e.